The number of nitrogens with zero attached hydrogens (tertiary/aromatic N) is 3. The molecule has 0 bridgehead atoms. The molecule has 1 aliphatic heterocycles. The molecule has 2 aromatic rings. The average molecular weight is 399 g/mol. The van der Waals surface area contributed by atoms with E-state index in [1.54, 1.807) is 20.0 Å². The van der Waals surface area contributed by atoms with E-state index in [9.17, 15) is 9.90 Å². The summed E-state index contributed by atoms with van der Waals surface area (Å²) in [4.78, 5) is 23.8. The number of amides is 1. The van der Waals surface area contributed by atoms with E-state index >= 15 is 0 Å². The molecule has 2 heterocycles. The number of fused-ring (bicyclic) bond motifs is 1. The highest BCUT2D eigenvalue weighted by atomic mass is 16.3. The van der Waals surface area contributed by atoms with Gasteiger partial charge in [-0.1, -0.05) is 43.5 Å². The Morgan fingerprint density at radius 3 is 2.38 bits per heavy atom. The first kappa shape index (κ1) is 21.2. The van der Waals surface area contributed by atoms with Gasteiger partial charge in [-0.15, -0.1) is 0 Å². The predicted octanol–water partition coefficient (Wildman–Crippen LogP) is 3.07. The van der Waals surface area contributed by atoms with Gasteiger partial charge in [0.1, 0.15) is 0 Å². The number of aromatic nitrogens is 2. The molecule has 156 valence electrons. The van der Waals surface area contributed by atoms with Crippen LogP contribution in [0.1, 0.15) is 51.5 Å². The number of nitrogens with one attached hydrogen (secondary N) is 1. The van der Waals surface area contributed by atoms with E-state index in [1.807, 2.05) is 29.2 Å². The molecular formula is C22H30N4O3. The molecule has 0 spiro atoms. The summed E-state index contributed by atoms with van der Waals surface area (Å²) in [6, 6.07) is 7.89. The summed E-state index contributed by atoms with van der Waals surface area (Å²) < 4.78 is 0. The Hall–Kier alpha value is -2.51. The minimum atomic E-state index is -0.881. The lowest BCUT2D eigenvalue weighted by Crippen LogP contribution is -2.48. The fourth-order valence-corrected chi connectivity index (χ4v) is 3.94. The molecule has 4 rings (SSSR count). The number of hydrogen-bond donors (Lipinski definition) is 3. The summed E-state index contributed by atoms with van der Waals surface area (Å²) in [5.41, 5.74) is 1.61. The van der Waals surface area contributed by atoms with Crippen LogP contribution in [0.5, 0.6) is 0 Å². The van der Waals surface area contributed by atoms with Crippen molar-refractivity contribution in [3.8, 4) is 11.3 Å². The largest absolute Gasteiger partial charge is 0.400 e. The van der Waals surface area contributed by atoms with Crippen molar-refractivity contribution in [2.45, 2.75) is 57.6 Å². The minimum Gasteiger partial charge on any atom is -0.400 e. The molecule has 7 heteroatoms. The molecule has 0 radical (unpaired) electrons. The maximum Gasteiger partial charge on any atom is 0.247 e. The van der Waals surface area contributed by atoms with E-state index < -0.39 is 5.60 Å². The van der Waals surface area contributed by atoms with Crippen molar-refractivity contribution < 1.29 is 15.0 Å². The summed E-state index contributed by atoms with van der Waals surface area (Å²) in [7, 11) is 1.00. The number of carbonyl (C=O) groups is 1. The lowest BCUT2D eigenvalue weighted by atomic mass is 9.93. The third-order valence-electron chi connectivity index (χ3n) is 5.48. The second-order valence-electron chi connectivity index (χ2n) is 7.97. The molecule has 1 saturated carbocycles. The van der Waals surface area contributed by atoms with Gasteiger partial charge in [0, 0.05) is 18.7 Å². The first-order valence-electron chi connectivity index (χ1n) is 10.1. The molecule has 2 aliphatic rings. The van der Waals surface area contributed by atoms with Gasteiger partial charge < -0.3 is 15.5 Å². The van der Waals surface area contributed by atoms with Crippen molar-refractivity contribution in [2.75, 3.05) is 23.9 Å². The summed E-state index contributed by atoms with van der Waals surface area (Å²) in [5.74, 6) is 1.39. The van der Waals surface area contributed by atoms with Crippen molar-refractivity contribution >= 4 is 17.5 Å². The number of aliphatic hydroxyl groups excluding tert-OH is 1. The van der Waals surface area contributed by atoms with Crippen LogP contribution in [0.4, 0.5) is 11.6 Å². The molecule has 1 fully saturated rings. The molecule has 0 saturated heterocycles. The molecule has 1 amide bonds. The molecular weight excluding hydrogens is 368 g/mol. The van der Waals surface area contributed by atoms with Crippen molar-refractivity contribution in [1.82, 2.24) is 9.97 Å². The predicted molar refractivity (Wildman–Crippen MR) is 114 cm³/mol. The van der Waals surface area contributed by atoms with Crippen LogP contribution in [0.2, 0.25) is 0 Å². The maximum absolute atomic E-state index is 12.6. The smallest absolute Gasteiger partial charge is 0.247 e. The lowest BCUT2D eigenvalue weighted by molar-refractivity contribution is -0.117. The molecule has 7 nitrogen and oxygen atoms in total. The molecule has 29 heavy (non-hydrogen) atoms. The van der Waals surface area contributed by atoms with E-state index in [4.69, 9.17) is 10.1 Å². The van der Waals surface area contributed by atoms with Gasteiger partial charge in [-0.3, -0.25) is 9.69 Å². The van der Waals surface area contributed by atoms with Crippen molar-refractivity contribution in [3.63, 3.8) is 0 Å². The van der Waals surface area contributed by atoms with Crippen molar-refractivity contribution in [3.05, 3.63) is 36.0 Å². The Kier molecular flexibility index (Phi) is 6.49. The monoisotopic (exact) mass is 398 g/mol. The zero-order chi connectivity index (χ0) is 21.0. The zero-order valence-corrected chi connectivity index (χ0v) is 17.4. The van der Waals surface area contributed by atoms with Gasteiger partial charge in [-0.25, -0.2) is 9.97 Å². The number of hydrogen-bond acceptors (Lipinski definition) is 6. The normalized spacial score (nSPS) is 17.1. The Bertz CT molecular complexity index is 840. The van der Waals surface area contributed by atoms with E-state index in [1.165, 1.54) is 6.42 Å². The first-order chi connectivity index (χ1) is 13.9. The van der Waals surface area contributed by atoms with Crippen LogP contribution in [0.25, 0.3) is 11.3 Å². The number of aliphatic hydroxyl groups is 2. The summed E-state index contributed by atoms with van der Waals surface area (Å²) in [6.45, 7) is 3.80. The first-order valence-corrected chi connectivity index (χ1v) is 10.1. The summed E-state index contributed by atoms with van der Waals surface area (Å²) in [6.07, 6.45) is 7.34. The van der Waals surface area contributed by atoms with Crippen LogP contribution in [-0.4, -0.2) is 45.8 Å². The van der Waals surface area contributed by atoms with Crippen LogP contribution in [0.3, 0.4) is 0 Å². The highest BCUT2D eigenvalue weighted by Crippen LogP contribution is 2.34. The molecule has 1 aromatic heterocycles. The van der Waals surface area contributed by atoms with Gasteiger partial charge in [0.2, 0.25) is 5.91 Å². The Morgan fingerprint density at radius 2 is 1.76 bits per heavy atom. The lowest BCUT2D eigenvalue weighted by Gasteiger charge is -2.37. The Labute approximate surface area is 171 Å². The molecule has 3 N–H and O–H groups in total. The van der Waals surface area contributed by atoms with E-state index in [0.717, 1.165) is 49.6 Å². The van der Waals surface area contributed by atoms with Crippen LogP contribution >= 0.6 is 0 Å². The second kappa shape index (κ2) is 8.88. The Morgan fingerprint density at radius 1 is 1.10 bits per heavy atom. The SMILES string of the molecule is CC(C)(O)c1ccc(-c2cnc3c(n2)N(C2CCCCC2)C(=O)CN3)cc1.CO. The van der Waals surface area contributed by atoms with Gasteiger partial charge >= 0.3 is 0 Å². The van der Waals surface area contributed by atoms with Crippen LogP contribution in [-0.2, 0) is 10.4 Å². The van der Waals surface area contributed by atoms with Gasteiger partial charge in [-0.2, -0.15) is 0 Å². The van der Waals surface area contributed by atoms with Crippen LogP contribution < -0.4 is 10.2 Å². The van der Waals surface area contributed by atoms with Gasteiger partial charge in [0.05, 0.1) is 24.0 Å². The van der Waals surface area contributed by atoms with E-state index in [0.29, 0.717) is 11.6 Å². The number of rotatable bonds is 3. The third kappa shape index (κ3) is 4.57. The van der Waals surface area contributed by atoms with Gasteiger partial charge in [0.25, 0.3) is 0 Å². The highest BCUT2D eigenvalue weighted by Gasteiger charge is 2.33. The summed E-state index contributed by atoms with van der Waals surface area (Å²) >= 11 is 0. The van der Waals surface area contributed by atoms with Crippen molar-refractivity contribution in [1.29, 1.82) is 0 Å². The standard InChI is InChI=1S/C21H26N4O2.CH4O/c1-21(2,27)15-10-8-14(9-11-15)17-12-22-19-20(24-17)25(18(26)13-23-19)16-6-4-3-5-7-16;1-2/h8-12,16,27H,3-7,13H2,1-2H3,(H,22,23);2H,1H3. The molecule has 0 atom stereocenters. The number of benzene rings is 1. The topological polar surface area (TPSA) is 98.6 Å². The molecule has 0 unspecified atom stereocenters. The highest BCUT2D eigenvalue weighted by molar-refractivity contribution is 6.01. The van der Waals surface area contributed by atoms with Gasteiger partial charge in [-0.05, 0) is 32.3 Å². The fraction of sp³-hybridized carbons (Fsp3) is 0.500. The molecule has 1 aliphatic carbocycles. The van der Waals surface area contributed by atoms with Crippen LogP contribution in [0, 0.1) is 0 Å². The summed E-state index contributed by atoms with van der Waals surface area (Å²) in [5, 5.41) is 20.2. The van der Waals surface area contributed by atoms with E-state index in [2.05, 4.69) is 10.3 Å². The van der Waals surface area contributed by atoms with Crippen molar-refractivity contribution in [2.24, 2.45) is 0 Å². The third-order valence-corrected chi connectivity index (χ3v) is 5.48. The minimum absolute atomic E-state index is 0.0678. The quantitative estimate of drug-likeness (QED) is 0.735. The van der Waals surface area contributed by atoms with Crippen LogP contribution in [0.15, 0.2) is 30.5 Å². The van der Waals surface area contributed by atoms with Gasteiger partial charge in [0.15, 0.2) is 11.6 Å². The zero-order valence-electron chi connectivity index (χ0n) is 17.4. The number of anilines is 2. The fourth-order valence-electron chi connectivity index (χ4n) is 3.94. The maximum atomic E-state index is 12.6. The second-order valence-corrected chi connectivity index (χ2v) is 7.97. The average Bonchev–Trinajstić information content (AvgIpc) is 2.75. The number of carbonyl (C=O) groups excluding carboxylic acids is 1. The van der Waals surface area contributed by atoms with E-state index in [-0.39, 0.29) is 18.5 Å². The molecule has 1 aromatic carbocycles. The Balaban J connectivity index is 0.00000117.